The number of nitrogens with two attached hydrogens (primary N) is 2. The summed E-state index contributed by atoms with van der Waals surface area (Å²) in [4.78, 5) is 3.51. The molecule has 3 aromatic carbocycles. The Bertz CT molecular complexity index is 1550. The summed E-state index contributed by atoms with van der Waals surface area (Å²) in [5.74, 6) is 1.28. The van der Waals surface area contributed by atoms with Crippen LogP contribution < -0.4 is 25.7 Å². The first-order valence-corrected chi connectivity index (χ1v) is 15.3. The molecule has 0 amide bonds. The summed E-state index contributed by atoms with van der Waals surface area (Å²) in [7, 11) is 3.31. The lowest BCUT2D eigenvalue weighted by molar-refractivity contribution is -0.274. The van der Waals surface area contributed by atoms with E-state index >= 15 is 0 Å². The normalized spacial score (nSPS) is 14.7. The number of methoxy groups -OCH3 is 2. The van der Waals surface area contributed by atoms with Gasteiger partial charge in [-0.1, -0.05) is 6.07 Å². The van der Waals surface area contributed by atoms with Crippen molar-refractivity contribution in [3.63, 3.8) is 0 Å². The molecule has 236 valence electrons. The van der Waals surface area contributed by atoms with Crippen LogP contribution in [0.25, 0.3) is 22.0 Å². The average Bonchev–Trinajstić information content (AvgIpc) is 3.37. The van der Waals surface area contributed by atoms with E-state index in [1.165, 1.54) is 12.1 Å². The van der Waals surface area contributed by atoms with E-state index in [4.69, 9.17) is 20.9 Å². The molecule has 1 aliphatic heterocycles. The van der Waals surface area contributed by atoms with Crippen molar-refractivity contribution in [1.29, 1.82) is 0 Å². The second-order valence-electron chi connectivity index (χ2n) is 10.6. The highest BCUT2D eigenvalue weighted by atomic mass is 32.2. The third-order valence-electron chi connectivity index (χ3n) is 7.66. The van der Waals surface area contributed by atoms with Crippen LogP contribution in [0.5, 0.6) is 17.2 Å². The molecule has 0 saturated carbocycles. The molecule has 4 aromatic rings. The number of piperazine rings is 1. The molecule has 0 radical (unpaired) electrons. The van der Waals surface area contributed by atoms with E-state index in [0.29, 0.717) is 12.1 Å². The van der Waals surface area contributed by atoms with E-state index in [1.807, 2.05) is 24.4 Å². The molecule has 0 aliphatic carbocycles. The second kappa shape index (κ2) is 14.1. The SMILES string of the molecule is COc1cc(CN2CCN(Sc3ccc4c(c3)c(-c3ccc(OC(F)(F)F)cc3CN)cn4CCCN)CC2)cc(OC)c1. The van der Waals surface area contributed by atoms with E-state index in [2.05, 4.69) is 36.7 Å². The number of alkyl halides is 3. The number of rotatable bonds is 12. The largest absolute Gasteiger partial charge is 0.573 e. The molecular weight excluding hydrogens is 591 g/mol. The summed E-state index contributed by atoms with van der Waals surface area (Å²) in [6, 6.07) is 16.7. The molecule has 4 N–H and O–H groups in total. The minimum Gasteiger partial charge on any atom is -0.497 e. The van der Waals surface area contributed by atoms with Crippen LogP contribution in [-0.2, 0) is 19.6 Å². The molecule has 1 aromatic heterocycles. The summed E-state index contributed by atoms with van der Waals surface area (Å²) in [5, 5.41) is 1.01. The third-order valence-corrected chi connectivity index (χ3v) is 8.75. The van der Waals surface area contributed by atoms with Gasteiger partial charge < -0.3 is 30.2 Å². The minimum absolute atomic E-state index is 0.0706. The quantitative estimate of drug-likeness (QED) is 0.189. The predicted molar refractivity (Wildman–Crippen MR) is 168 cm³/mol. The van der Waals surface area contributed by atoms with Gasteiger partial charge >= 0.3 is 6.36 Å². The van der Waals surface area contributed by atoms with E-state index in [-0.39, 0.29) is 12.3 Å². The number of ether oxygens (including phenoxy) is 3. The van der Waals surface area contributed by atoms with Gasteiger partial charge in [-0.2, -0.15) is 0 Å². The minimum atomic E-state index is -4.77. The maximum atomic E-state index is 12.9. The number of hydrogen-bond donors (Lipinski definition) is 2. The van der Waals surface area contributed by atoms with Gasteiger partial charge in [0, 0.05) is 79.4 Å². The Kier molecular flexibility index (Phi) is 10.3. The molecule has 1 saturated heterocycles. The summed E-state index contributed by atoms with van der Waals surface area (Å²) in [6.45, 7) is 5.79. The zero-order valence-corrected chi connectivity index (χ0v) is 25.7. The molecule has 2 heterocycles. The van der Waals surface area contributed by atoms with Crippen LogP contribution in [0, 0.1) is 0 Å². The zero-order valence-electron chi connectivity index (χ0n) is 24.9. The second-order valence-corrected chi connectivity index (χ2v) is 11.8. The number of halogens is 3. The fourth-order valence-electron chi connectivity index (χ4n) is 5.54. The van der Waals surface area contributed by atoms with Crippen molar-refractivity contribution in [2.75, 3.05) is 46.9 Å². The van der Waals surface area contributed by atoms with Crippen LogP contribution in [0.3, 0.4) is 0 Å². The standard InChI is InChI=1S/C32H38F3N5O3S/c1-41-25-14-22(15-26(17-25)42-2)20-38-10-12-40(13-11-38)44-27-5-7-31-29(18-27)30(21-39(31)9-3-8-36)28-6-4-24(16-23(28)19-37)43-32(33,34)35/h4-7,14-18,21H,3,8-13,19-20,36-37H2,1-2H3. The maximum Gasteiger partial charge on any atom is 0.573 e. The molecule has 5 rings (SSSR count). The van der Waals surface area contributed by atoms with Crippen LogP contribution in [0.1, 0.15) is 17.5 Å². The summed E-state index contributed by atoms with van der Waals surface area (Å²) >= 11 is 1.72. The summed E-state index contributed by atoms with van der Waals surface area (Å²) < 4.78 is 58.1. The third kappa shape index (κ3) is 7.80. The van der Waals surface area contributed by atoms with Gasteiger partial charge in [-0.05, 0) is 84.1 Å². The lowest BCUT2D eigenvalue weighted by atomic mass is 9.99. The predicted octanol–water partition coefficient (Wildman–Crippen LogP) is 5.86. The van der Waals surface area contributed by atoms with Gasteiger partial charge in [-0.25, -0.2) is 4.31 Å². The summed E-state index contributed by atoms with van der Waals surface area (Å²) in [6.07, 6.45) is -1.93. The van der Waals surface area contributed by atoms with E-state index in [1.54, 1.807) is 32.2 Å². The number of benzene rings is 3. The highest BCUT2D eigenvalue weighted by molar-refractivity contribution is 7.97. The average molecular weight is 630 g/mol. The monoisotopic (exact) mass is 629 g/mol. The highest BCUT2D eigenvalue weighted by Crippen LogP contribution is 2.38. The lowest BCUT2D eigenvalue weighted by Crippen LogP contribution is -2.42. The van der Waals surface area contributed by atoms with Gasteiger partial charge in [0.2, 0.25) is 0 Å². The molecule has 0 spiro atoms. The van der Waals surface area contributed by atoms with Gasteiger partial charge in [-0.3, -0.25) is 4.90 Å². The van der Waals surface area contributed by atoms with Gasteiger partial charge in [0.15, 0.2) is 0 Å². The molecule has 44 heavy (non-hydrogen) atoms. The Hall–Kier alpha value is -3.42. The Morgan fingerprint density at radius 3 is 2.20 bits per heavy atom. The molecule has 0 unspecified atom stereocenters. The van der Waals surface area contributed by atoms with Gasteiger partial charge in [-0.15, -0.1) is 13.2 Å². The van der Waals surface area contributed by atoms with Gasteiger partial charge in [0.1, 0.15) is 17.2 Å². The fraction of sp³-hybridized carbons (Fsp3) is 0.375. The van der Waals surface area contributed by atoms with Crippen LogP contribution in [0.15, 0.2) is 65.7 Å². The van der Waals surface area contributed by atoms with E-state index in [0.717, 1.165) is 89.7 Å². The first-order valence-electron chi connectivity index (χ1n) is 14.5. The topological polar surface area (TPSA) is 91.1 Å². The number of hydrogen-bond acceptors (Lipinski definition) is 8. The molecule has 8 nitrogen and oxygen atoms in total. The molecule has 0 atom stereocenters. The lowest BCUT2D eigenvalue weighted by Gasteiger charge is -2.34. The van der Waals surface area contributed by atoms with E-state index < -0.39 is 6.36 Å². The molecule has 12 heteroatoms. The number of fused-ring (bicyclic) bond motifs is 1. The van der Waals surface area contributed by atoms with E-state index in [9.17, 15) is 13.2 Å². The van der Waals surface area contributed by atoms with Crippen molar-refractivity contribution in [2.24, 2.45) is 11.5 Å². The van der Waals surface area contributed by atoms with Crippen molar-refractivity contribution in [3.8, 4) is 28.4 Å². The van der Waals surface area contributed by atoms with Crippen molar-refractivity contribution in [2.45, 2.75) is 37.3 Å². The Labute approximate surface area is 259 Å². The highest BCUT2D eigenvalue weighted by Gasteiger charge is 2.31. The summed E-state index contributed by atoms with van der Waals surface area (Å²) in [5.41, 5.74) is 16.3. The fourth-order valence-corrected chi connectivity index (χ4v) is 6.48. The van der Waals surface area contributed by atoms with Crippen LogP contribution in [0.4, 0.5) is 13.2 Å². The van der Waals surface area contributed by atoms with Gasteiger partial charge in [0.05, 0.1) is 14.2 Å². The molecule has 1 aliphatic rings. The molecule has 0 bridgehead atoms. The van der Waals surface area contributed by atoms with Crippen molar-refractivity contribution in [3.05, 3.63) is 71.9 Å². The Morgan fingerprint density at radius 1 is 0.841 bits per heavy atom. The number of nitrogens with zero attached hydrogens (tertiary/aromatic N) is 3. The van der Waals surface area contributed by atoms with Crippen LogP contribution in [-0.4, -0.2) is 67.1 Å². The first-order chi connectivity index (χ1) is 21.2. The maximum absolute atomic E-state index is 12.9. The zero-order chi connectivity index (χ0) is 31.3. The van der Waals surface area contributed by atoms with Crippen molar-refractivity contribution < 1.29 is 27.4 Å². The van der Waals surface area contributed by atoms with Crippen LogP contribution >= 0.6 is 11.9 Å². The van der Waals surface area contributed by atoms with Crippen molar-refractivity contribution >= 4 is 22.9 Å². The first kappa shape index (κ1) is 32.0. The Balaban J connectivity index is 1.34. The smallest absolute Gasteiger partial charge is 0.497 e. The van der Waals surface area contributed by atoms with Crippen molar-refractivity contribution in [1.82, 2.24) is 13.8 Å². The Morgan fingerprint density at radius 2 is 1.57 bits per heavy atom. The molecular formula is C32H38F3N5O3S. The number of aromatic nitrogens is 1. The molecule has 1 fully saturated rings. The number of aryl methyl sites for hydroxylation is 1. The van der Waals surface area contributed by atoms with Crippen LogP contribution in [0.2, 0.25) is 0 Å². The van der Waals surface area contributed by atoms with Gasteiger partial charge in [0.25, 0.3) is 0 Å².